The van der Waals surface area contributed by atoms with Gasteiger partial charge in [0.25, 0.3) is 0 Å². The highest BCUT2D eigenvalue weighted by Gasteiger charge is 2.31. The standard InChI is InChI=1S/C15H24ClN3O2/c1-3-17-14-5-4-12(16)13(18-14)10-19(2)11-15(20)6-8-21-9-7-15/h4-5,20H,3,6-11H2,1-2H3,(H,17,18). The van der Waals surface area contributed by atoms with E-state index in [0.29, 0.717) is 44.2 Å². The van der Waals surface area contributed by atoms with Crippen molar-refractivity contribution in [3.8, 4) is 0 Å². The maximum Gasteiger partial charge on any atom is 0.126 e. The number of anilines is 1. The van der Waals surface area contributed by atoms with Crippen LogP contribution in [0.25, 0.3) is 0 Å². The summed E-state index contributed by atoms with van der Waals surface area (Å²) in [5.74, 6) is 0.829. The van der Waals surface area contributed by atoms with Crippen molar-refractivity contribution in [2.24, 2.45) is 0 Å². The molecule has 0 spiro atoms. The summed E-state index contributed by atoms with van der Waals surface area (Å²) in [4.78, 5) is 6.59. The van der Waals surface area contributed by atoms with E-state index in [1.165, 1.54) is 0 Å². The number of pyridine rings is 1. The minimum absolute atomic E-state index is 0.597. The van der Waals surface area contributed by atoms with Crippen LogP contribution in [0.15, 0.2) is 12.1 Å². The van der Waals surface area contributed by atoms with Crippen molar-refractivity contribution in [1.82, 2.24) is 9.88 Å². The fourth-order valence-corrected chi connectivity index (χ4v) is 2.76. The summed E-state index contributed by atoms with van der Waals surface area (Å²) in [5, 5.41) is 14.4. The largest absolute Gasteiger partial charge is 0.388 e. The van der Waals surface area contributed by atoms with Crippen molar-refractivity contribution in [2.45, 2.75) is 31.9 Å². The fraction of sp³-hybridized carbons (Fsp3) is 0.667. The van der Waals surface area contributed by atoms with E-state index >= 15 is 0 Å². The fourth-order valence-electron chi connectivity index (χ4n) is 2.60. The number of nitrogens with zero attached hydrogens (tertiary/aromatic N) is 2. The number of hydrogen-bond donors (Lipinski definition) is 2. The molecule has 21 heavy (non-hydrogen) atoms. The number of nitrogens with one attached hydrogen (secondary N) is 1. The van der Waals surface area contributed by atoms with Gasteiger partial charge in [0.15, 0.2) is 0 Å². The van der Waals surface area contributed by atoms with Crippen LogP contribution >= 0.6 is 11.6 Å². The third-order valence-electron chi connectivity index (χ3n) is 3.68. The first-order chi connectivity index (χ1) is 10.0. The molecule has 2 N–H and O–H groups in total. The van der Waals surface area contributed by atoms with E-state index in [-0.39, 0.29) is 0 Å². The highest BCUT2D eigenvalue weighted by Crippen LogP contribution is 2.23. The van der Waals surface area contributed by atoms with Gasteiger partial charge in [-0.25, -0.2) is 4.98 Å². The lowest BCUT2D eigenvalue weighted by atomic mass is 9.94. The van der Waals surface area contributed by atoms with E-state index < -0.39 is 5.60 Å². The summed E-state index contributed by atoms with van der Waals surface area (Å²) in [5.41, 5.74) is 0.159. The lowest BCUT2D eigenvalue weighted by molar-refractivity contribution is -0.0778. The molecule has 0 atom stereocenters. The van der Waals surface area contributed by atoms with Crippen molar-refractivity contribution in [2.75, 3.05) is 38.7 Å². The molecule has 0 amide bonds. The van der Waals surface area contributed by atoms with Gasteiger partial charge in [0.1, 0.15) is 5.82 Å². The van der Waals surface area contributed by atoms with Gasteiger partial charge in [-0.1, -0.05) is 11.6 Å². The van der Waals surface area contributed by atoms with E-state index in [4.69, 9.17) is 16.3 Å². The number of aromatic nitrogens is 1. The van der Waals surface area contributed by atoms with Crippen LogP contribution in [0.2, 0.25) is 5.02 Å². The molecule has 1 aromatic rings. The van der Waals surface area contributed by atoms with Crippen LogP contribution in [0.4, 0.5) is 5.82 Å². The Balaban J connectivity index is 1.98. The molecular formula is C15H24ClN3O2. The first-order valence-corrected chi connectivity index (χ1v) is 7.78. The molecule has 2 heterocycles. The monoisotopic (exact) mass is 313 g/mol. The summed E-state index contributed by atoms with van der Waals surface area (Å²) in [6.07, 6.45) is 1.35. The molecule has 0 aliphatic carbocycles. The molecule has 0 bridgehead atoms. The molecule has 0 aromatic carbocycles. The Kier molecular flexibility index (Phi) is 5.81. The van der Waals surface area contributed by atoms with Gasteiger partial charge in [0, 0.05) is 45.7 Å². The van der Waals surface area contributed by atoms with Crippen LogP contribution in [0, 0.1) is 0 Å². The molecule has 1 fully saturated rings. The van der Waals surface area contributed by atoms with Crippen molar-refractivity contribution in [3.63, 3.8) is 0 Å². The predicted molar refractivity (Wildman–Crippen MR) is 84.7 cm³/mol. The SMILES string of the molecule is CCNc1ccc(Cl)c(CN(C)CC2(O)CCOCC2)n1. The topological polar surface area (TPSA) is 57.6 Å². The summed E-state index contributed by atoms with van der Waals surface area (Å²) in [6, 6.07) is 3.74. The number of likely N-dealkylation sites (N-methyl/N-ethyl adjacent to an activating group) is 1. The smallest absolute Gasteiger partial charge is 0.126 e. The van der Waals surface area contributed by atoms with E-state index in [1.807, 2.05) is 26.1 Å². The van der Waals surface area contributed by atoms with Crippen LogP contribution in [-0.2, 0) is 11.3 Å². The molecule has 0 saturated carbocycles. The van der Waals surface area contributed by atoms with Gasteiger partial charge in [0.05, 0.1) is 16.3 Å². The lowest BCUT2D eigenvalue weighted by Crippen LogP contribution is -2.45. The quantitative estimate of drug-likeness (QED) is 0.842. The Morgan fingerprint density at radius 3 is 2.81 bits per heavy atom. The van der Waals surface area contributed by atoms with Gasteiger partial charge < -0.3 is 15.2 Å². The van der Waals surface area contributed by atoms with Crippen LogP contribution in [0.5, 0.6) is 0 Å². The Labute approximate surface area is 131 Å². The molecule has 5 nitrogen and oxygen atoms in total. The van der Waals surface area contributed by atoms with Crippen molar-refractivity contribution < 1.29 is 9.84 Å². The van der Waals surface area contributed by atoms with Gasteiger partial charge in [0.2, 0.25) is 0 Å². The number of halogens is 1. The molecular weight excluding hydrogens is 290 g/mol. The summed E-state index contributed by atoms with van der Waals surface area (Å²) < 4.78 is 5.31. The van der Waals surface area contributed by atoms with Crippen molar-refractivity contribution in [3.05, 3.63) is 22.8 Å². The minimum atomic E-state index is -0.668. The maximum atomic E-state index is 10.5. The number of aliphatic hydroxyl groups is 1. The minimum Gasteiger partial charge on any atom is -0.388 e. The second kappa shape index (κ2) is 7.40. The molecule has 1 aliphatic heterocycles. The Bertz CT molecular complexity index is 464. The average molecular weight is 314 g/mol. The van der Waals surface area contributed by atoms with Crippen molar-refractivity contribution in [1.29, 1.82) is 0 Å². The van der Waals surface area contributed by atoms with Gasteiger partial charge in [-0.3, -0.25) is 4.90 Å². The molecule has 1 aromatic heterocycles. The molecule has 1 aliphatic rings. The highest BCUT2D eigenvalue weighted by atomic mass is 35.5. The summed E-state index contributed by atoms with van der Waals surface area (Å²) in [6.45, 7) is 5.31. The van der Waals surface area contributed by atoms with Crippen molar-refractivity contribution >= 4 is 17.4 Å². The summed E-state index contributed by atoms with van der Waals surface area (Å²) in [7, 11) is 1.98. The lowest BCUT2D eigenvalue weighted by Gasteiger charge is -2.35. The number of rotatable bonds is 6. The molecule has 0 radical (unpaired) electrons. The predicted octanol–water partition coefficient (Wildman–Crippen LogP) is 2.14. The molecule has 6 heteroatoms. The zero-order valence-electron chi connectivity index (χ0n) is 12.7. The number of ether oxygens (including phenoxy) is 1. The average Bonchev–Trinajstić information content (AvgIpc) is 2.43. The summed E-state index contributed by atoms with van der Waals surface area (Å²) >= 11 is 6.22. The molecule has 1 saturated heterocycles. The molecule has 2 rings (SSSR count). The zero-order valence-corrected chi connectivity index (χ0v) is 13.5. The van der Waals surface area contributed by atoms with E-state index in [1.54, 1.807) is 0 Å². The van der Waals surface area contributed by atoms with E-state index in [0.717, 1.165) is 18.1 Å². The van der Waals surface area contributed by atoms with Crippen LogP contribution in [0.3, 0.4) is 0 Å². The van der Waals surface area contributed by atoms with Gasteiger partial charge in [-0.15, -0.1) is 0 Å². The number of hydrogen-bond acceptors (Lipinski definition) is 5. The molecule has 0 unspecified atom stereocenters. The Hall–Kier alpha value is -0.880. The third kappa shape index (κ3) is 4.81. The Morgan fingerprint density at radius 1 is 1.43 bits per heavy atom. The van der Waals surface area contributed by atoms with Gasteiger partial charge in [-0.2, -0.15) is 0 Å². The van der Waals surface area contributed by atoms with Crippen LogP contribution in [-0.4, -0.2) is 53.9 Å². The second-order valence-electron chi connectivity index (χ2n) is 5.66. The zero-order chi connectivity index (χ0) is 15.3. The van der Waals surface area contributed by atoms with Gasteiger partial charge >= 0.3 is 0 Å². The highest BCUT2D eigenvalue weighted by molar-refractivity contribution is 6.31. The van der Waals surface area contributed by atoms with Crippen LogP contribution in [0.1, 0.15) is 25.5 Å². The van der Waals surface area contributed by atoms with E-state index in [2.05, 4.69) is 15.2 Å². The first kappa shape index (κ1) is 16.5. The van der Waals surface area contributed by atoms with Crippen LogP contribution < -0.4 is 5.32 Å². The third-order valence-corrected chi connectivity index (χ3v) is 4.03. The second-order valence-corrected chi connectivity index (χ2v) is 6.07. The van der Waals surface area contributed by atoms with Gasteiger partial charge in [-0.05, 0) is 26.1 Å². The first-order valence-electron chi connectivity index (χ1n) is 7.40. The normalized spacial score (nSPS) is 18.0. The Morgan fingerprint density at radius 2 is 2.14 bits per heavy atom. The molecule has 118 valence electrons. The maximum absolute atomic E-state index is 10.5. The van der Waals surface area contributed by atoms with E-state index in [9.17, 15) is 5.11 Å².